The Morgan fingerprint density at radius 1 is 0.480 bits per heavy atom. The van der Waals surface area contributed by atoms with Crippen LogP contribution < -0.4 is 4.74 Å². The van der Waals surface area contributed by atoms with E-state index in [1.54, 1.807) is 0 Å². The van der Waals surface area contributed by atoms with Crippen molar-refractivity contribution >= 4 is 0 Å². The molecule has 4 nitrogen and oxygen atoms in total. The second kappa shape index (κ2) is 11.4. The molecule has 0 bridgehead atoms. The van der Waals surface area contributed by atoms with Crippen molar-refractivity contribution in [2.45, 2.75) is 17.8 Å². The van der Waals surface area contributed by atoms with E-state index in [1.807, 2.05) is 18.2 Å². The summed E-state index contributed by atoms with van der Waals surface area (Å²) in [6.07, 6.45) is 9.36. The van der Waals surface area contributed by atoms with Crippen LogP contribution in [0.2, 0.25) is 0 Å². The SMILES string of the molecule is C1=CCC(c2nc(-c3ccccc3)nc(-c3cccc(-c4ccc5c(c4)C4(c6ccccc6O5)c5ccccc5-c5ccccc54)c3)n2)C=C1. The van der Waals surface area contributed by atoms with Gasteiger partial charge in [0.15, 0.2) is 11.6 Å². The van der Waals surface area contributed by atoms with Crippen molar-refractivity contribution in [1.82, 2.24) is 15.0 Å². The van der Waals surface area contributed by atoms with E-state index in [4.69, 9.17) is 19.7 Å². The zero-order valence-electron chi connectivity index (χ0n) is 27.2. The molecule has 2 heterocycles. The Kier molecular flexibility index (Phi) is 6.50. The van der Waals surface area contributed by atoms with Gasteiger partial charge < -0.3 is 4.74 Å². The van der Waals surface area contributed by atoms with E-state index < -0.39 is 5.41 Å². The standard InChI is InChI=1S/C46H31N3O/c1-3-14-30(15-4-1)43-47-44(31-16-5-2-6-17-31)49-45(48-43)34-19-13-18-32(28-34)33-26-27-42-40(29-33)46(39-24-11-12-25-41(39)50-42)37-22-9-7-20-35(37)36-21-8-10-23-38(36)46/h1-16,18-29,31H,17H2. The topological polar surface area (TPSA) is 47.9 Å². The maximum atomic E-state index is 6.67. The Hall–Kier alpha value is -6.39. The van der Waals surface area contributed by atoms with Crippen LogP contribution in [0.1, 0.15) is 40.4 Å². The van der Waals surface area contributed by atoms with Crippen molar-refractivity contribution in [1.29, 1.82) is 0 Å². The summed E-state index contributed by atoms with van der Waals surface area (Å²) in [6.45, 7) is 0. The van der Waals surface area contributed by atoms with Gasteiger partial charge in [0.05, 0.1) is 5.41 Å². The van der Waals surface area contributed by atoms with Gasteiger partial charge in [-0.3, -0.25) is 0 Å². The summed E-state index contributed by atoms with van der Waals surface area (Å²) in [4.78, 5) is 15.0. The zero-order valence-corrected chi connectivity index (χ0v) is 27.2. The Balaban J connectivity index is 1.14. The van der Waals surface area contributed by atoms with Crippen molar-refractivity contribution in [2.24, 2.45) is 0 Å². The number of hydrogen-bond acceptors (Lipinski definition) is 4. The highest BCUT2D eigenvalue weighted by Crippen LogP contribution is 2.62. The minimum absolute atomic E-state index is 0.101. The number of hydrogen-bond donors (Lipinski definition) is 0. The van der Waals surface area contributed by atoms with Crippen LogP contribution in [0.15, 0.2) is 170 Å². The fraction of sp³-hybridized carbons (Fsp3) is 0.0652. The number of ether oxygens (including phenoxy) is 1. The first-order chi connectivity index (χ1) is 24.8. The third kappa shape index (κ3) is 4.35. The molecule has 1 spiro atoms. The van der Waals surface area contributed by atoms with E-state index in [0.717, 1.165) is 57.1 Å². The number of fused-ring (bicyclic) bond motifs is 9. The van der Waals surface area contributed by atoms with Crippen LogP contribution in [0.3, 0.4) is 0 Å². The summed E-state index contributed by atoms with van der Waals surface area (Å²) in [7, 11) is 0. The first kappa shape index (κ1) is 28.6. The number of allylic oxidation sites excluding steroid dienone is 4. The molecule has 4 heteroatoms. The summed E-state index contributed by atoms with van der Waals surface area (Å²) in [6, 6.07) is 51.5. The average Bonchev–Trinajstić information content (AvgIpc) is 3.49. The van der Waals surface area contributed by atoms with Crippen LogP contribution >= 0.6 is 0 Å². The predicted octanol–water partition coefficient (Wildman–Crippen LogP) is 10.9. The number of benzene rings is 6. The molecule has 2 aliphatic carbocycles. The predicted molar refractivity (Wildman–Crippen MR) is 199 cm³/mol. The van der Waals surface area contributed by atoms with Gasteiger partial charge in [0.25, 0.3) is 0 Å². The van der Waals surface area contributed by atoms with Gasteiger partial charge in [-0.15, -0.1) is 0 Å². The van der Waals surface area contributed by atoms with Gasteiger partial charge in [0, 0.05) is 28.2 Å². The Bertz CT molecular complexity index is 2470. The molecule has 10 rings (SSSR count). The second-order valence-corrected chi connectivity index (χ2v) is 13.1. The maximum absolute atomic E-state index is 6.67. The van der Waals surface area contributed by atoms with E-state index in [2.05, 4.69) is 152 Å². The van der Waals surface area contributed by atoms with Crippen LogP contribution in [-0.2, 0) is 5.41 Å². The quantitative estimate of drug-likeness (QED) is 0.192. The molecule has 1 unspecified atom stereocenters. The highest BCUT2D eigenvalue weighted by Gasteiger charge is 2.51. The molecule has 1 aliphatic heterocycles. The molecule has 0 N–H and O–H groups in total. The average molecular weight is 642 g/mol. The third-order valence-corrected chi connectivity index (χ3v) is 10.3. The van der Waals surface area contributed by atoms with Crippen molar-refractivity contribution < 1.29 is 4.74 Å². The Morgan fingerprint density at radius 3 is 1.86 bits per heavy atom. The number of rotatable bonds is 4. The normalized spacial score (nSPS) is 15.9. The van der Waals surface area contributed by atoms with Gasteiger partial charge in [0.2, 0.25) is 0 Å². The van der Waals surface area contributed by atoms with E-state index >= 15 is 0 Å². The molecule has 0 saturated heterocycles. The Labute approximate surface area is 291 Å². The molecule has 3 aliphatic rings. The van der Waals surface area contributed by atoms with Gasteiger partial charge in [-0.05, 0) is 64.1 Å². The molecule has 6 aromatic carbocycles. The first-order valence-corrected chi connectivity index (χ1v) is 17.1. The zero-order chi connectivity index (χ0) is 33.1. The summed E-state index contributed by atoms with van der Waals surface area (Å²) in [5, 5.41) is 0. The molecule has 1 atom stereocenters. The van der Waals surface area contributed by atoms with Crippen molar-refractivity contribution in [3.8, 4) is 56.5 Å². The molecule has 7 aromatic rings. The lowest BCUT2D eigenvalue weighted by atomic mass is 9.66. The molecule has 50 heavy (non-hydrogen) atoms. The van der Waals surface area contributed by atoms with Gasteiger partial charge >= 0.3 is 0 Å². The van der Waals surface area contributed by atoms with E-state index in [9.17, 15) is 0 Å². The first-order valence-electron chi connectivity index (χ1n) is 17.1. The molecule has 0 fully saturated rings. The smallest absolute Gasteiger partial charge is 0.163 e. The monoisotopic (exact) mass is 641 g/mol. The number of aromatic nitrogens is 3. The van der Waals surface area contributed by atoms with Gasteiger partial charge in [-0.1, -0.05) is 146 Å². The van der Waals surface area contributed by atoms with E-state index in [0.29, 0.717) is 11.6 Å². The van der Waals surface area contributed by atoms with Crippen molar-refractivity contribution in [3.63, 3.8) is 0 Å². The fourth-order valence-corrected chi connectivity index (χ4v) is 8.05. The summed E-state index contributed by atoms with van der Waals surface area (Å²) in [5.41, 5.74) is 11.0. The van der Waals surface area contributed by atoms with E-state index in [1.165, 1.54) is 22.3 Å². The van der Waals surface area contributed by atoms with Crippen molar-refractivity contribution in [2.75, 3.05) is 0 Å². The summed E-state index contributed by atoms with van der Waals surface area (Å²) < 4.78 is 6.67. The lowest BCUT2D eigenvalue weighted by molar-refractivity contribution is 0.436. The lowest BCUT2D eigenvalue weighted by Crippen LogP contribution is -2.32. The van der Waals surface area contributed by atoms with Crippen LogP contribution in [-0.4, -0.2) is 15.0 Å². The van der Waals surface area contributed by atoms with E-state index in [-0.39, 0.29) is 5.92 Å². The number of para-hydroxylation sites is 1. The molecule has 0 amide bonds. The molecular formula is C46H31N3O. The molecule has 236 valence electrons. The second-order valence-electron chi connectivity index (χ2n) is 13.1. The maximum Gasteiger partial charge on any atom is 0.163 e. The van der Waals surface area contributed by atoms with Gasteiger partial charge in [-0.2, -0.15) is 0 Å². The van der Waals surface area contributed by atoms with Gasteiger partial charge in [-0.25, -0.2) is 15.0 Å². The van der Waals surface area contributed by atoms with Crippen LogP contribution in [0.5, 0.6) is 11.5 Å². The Morgan fingerprint density at radius 2 is 1.10 bits per heavy atom. The van der Waals surface area contributed by atoms with Crippen LogP contribution in [0, 0.1) is 0 Å². The third-order valence-electron chi connectivity index (χ3n) is 10.3. The highest BCUT2D eigenvalue weighted by molar-refractivity contribution is 5.89. The largest absolute Gasteiger partial charge is 0.457 e. The molecule has 0 saturated carbocycles. The number of nitrogens with zero attached hydrogens (tertiary/aromatic N) is 3. The minimum Gasteiger partial charge on any atom is -0.457 e. The molecule has 0 radical (unpaired) electrons. The van der Waals surface area contributed by atoms with Crippen molar-refractivity contribution in [3.05, 3.63) is 198 Å². The van der Waals surface area contributed by atoms with Gasteiger partial charge in [0.1, 0.15) is 17.3 Å². The highest BCUT2D eigenvalue weighted by atomic mass is 16.5. The van der Waals surface area contributed by atoms with Crippen LogP contribution in [0.4, 0.5) is 0 Å². The summed E-state index contributed by atoms with van der Waals surface area (Å²) in [5.74, 6) is 4.01. The summed E-state index contributed by atoms with van der Waals surface area (Å²) >= 11 is 0. The molecule has 1 aromatic heterocycles. The lowest BCUT2D eigenvalue weighted by Gasteiger charge is -2.39. The van der Waals surface area contributed by atoms with Crippen LogP contribution in [0.25, 0.3) is 45.0 Å². The molecular weight excluding hydrogens is 611 g/mol. The minimum atomic E-state index is -0.513. The fourth-order valence-electron chi connectivity index (χ4n) is 8.05.